The van der Waals surface area contributed by atoms with Crippen LogP contribution in [0.15, 0.2) is 30.6 Å². The molecular weight excluding hydrogens is 404 g/mol. The molecule has 2 amide bonds. The quantitative estimate of drug-likeness (QED) is 0.644. The second-order valence-electron chi connectivity index (χ2n) is 7.49. The lowest BCUT2D eigenvalue weighted by Gasteiger charge is -2.33. The predicted molar refractivity (Wildman–Crippen MR) is 112 cm³/mol. The number of fused-ring (bicyclic) bond motifs is 1. The Labute approximate surface area is 178 Å². The first-order chi connectivity index (χ1) is 14.5. The summed E-state index contributed by atoms with van der Waals surface area (Å²) in [4.78, 5) is 28.1. The molecule has 1 fully saturated rings. The highest BCUT2D eigenvalue weighted by atomic mass is 32.1. The van der Waals surface area contributed by atoms with Crippen molar-refractivity contribution < 1.29 is 14.3 Å². The normalized spacial score (nSPS) is 16.9. The lowest BCUT2D eigenvalue weighted by molar-refractivity contribution is -0.139. The van der Waals surface area contributed by atoms with Crippen LogP contribution in [0.25, 0.3) is 10.1 Å². The van der Waals surface area contributed by atoms with E-state index in [1.54, 1.807) is 4.90 Å². The number of nitrogens with one attached hydrogen (secondary N) is 1. The number of amides is 2. The van der Waals surface area contributed by atoms with Gasteiger partial charge in [-0.3, -0.25) is 9.59 Å². The minimum Gasteiger partial charge on any atom is -0.370 e. The van der Waals surface area contributed by atoms with E-state index in [1.807, 2.05) is 38.1 Å². The third kappa shape index (κ3) is 4.34. The molecular formula is C20H24N6O3S. The van der Waals surface area contributed by atoms with Crippen LogP contribution >= 0.6 is 11.3 Å². The number of carbonyl (C=O) groups excluding carboxylic acids is 2. The Kier molecular flexibility index (Phi) is 6.05. The van der Waals surface area contributed by atoms with E-state index in [0.717, 1.165) is 15.6 Å². The van der Waals surface area contributed by atoms with Gasteiger partial charge in [-0.1, -0.05) is 18.2 Å². The van der Waals surface area contributed by atoms with Crippen LogP contribution < -0.4 is 5.32 Å². The van der Waals surface area contributed by atoms with Gasteiger partial charge in [-0.05, 0) is 35.7 Å². The van der Waals surface area contributed by atoms with Crippen molar-refractivity contribution in [3.8, 4) is 0 Å². The lowest BCUT2D eigenvalue weighted by atomic mass is 10.0. The number of carbonyl (C=O) groups is 2. The maximum Gasteiger partial charge on any atom is 0.261 e. The Hall–Kier alpha value is -2.85. The average Bonchev–Trinajstić information content (AvgIpc) is 3.39. The van der Waals surface area contributed by atoms with E-state index in [-0.39, 0.29) is 24.0 Å². The zero-order valence-corrected chi connectivity index (χ0v) is 17.8. The van der Waals surface area contributed by atoms with Gasteiger partial charge in [0.25, 0.3) is 5.91 Å². The van der Waals surface area contributed by atoms with E-state index in [2.05, 4.69) is 20.8 Å². The smallest absolute Gasteiger partial charge is 0.261 e. The van der Waals surface area contributed by atoms with E-state index in [0.29, 0.717) is 37.5 Å². The fourth-order valence-electron chi connectivity index (χ4n) is 3.58. The van der Waals surface area contributed by atoms with Crippen molar-refractivity contribution in [1.29, 1.82) is 0 Å². The van der Waals surface area contributed by atoms with Crippen molar-refractivity contribution >= 4 is 33.2 Å². The summed E-state index contributed by atoms with van der Waals surface area (Å²) in [7, 11) is 0. The summed E-state index contributed by atoms with van der Waals surface area (Å²) >= 11 is 1.46. The number of aromatic nitrogens is 4. The summed E-state index contributed by atoms with van der Waals surface area (Å²) in [6, 6.07) is 7.97. The largest absolute Gasteiger partial charge is 0.370 e. The van der Waals surface area contributed by atoms with Gasteiger partial charge in [0.2, 0.25) is 5.91 Å². The monoisotopic (exact) mass is 428 g/mol. The first-order valence-electron chi connectivity index (χ1n) is 9.95. The molecule has 10 heteroatoms. The van der Waals surface area contributed by atoms with Crippen LogP contribution in [-0.2, 0) is 16.1 Å². The Balaban J connectivity index is 1.56. The van der Waals surface area contributed by atoms with Crippen LogP contribution in [0, 0.1) is 0 Å². The summed E-state index contributed by atoms with van der Waals surface area (Å²) in [5.74, 6) is -0.0848. The van der Waals surface area contributed by atoms with Crippen LogP contribution in [0.5, 0.6) is 0 Å². The molecule has 0 saturated carbocycles. The minimum atomic E-state index is -0.347. The molecule has 9 nitrogen and oxygen atoms in total. The highest BCUT2D eigenvalue weighted by Gasteiger charge is 2.31. The van der Waals surface area contributed by atoms with Crippen LogP contribution in [0.1, 0.15) is 41.6 Å². The summed E-state index contributed by atoms with van der Waals surface area (Å²) in [6.45, 7) is 5.67. The van der Waals surface area contributed by atoms with Gasteiger partial charge in [0.15, 0.2) is 0 Å². The average molecular weight is 429 g/mol. The van der Waals surface area contributed by atoms with Crippen molar-refractivity contribution in [1.82, 2.24) is 30.4 Å². The van der Waals surface area contributed by atoms with Crippen molar-refractivity contribution in [2.75, 3.05) is 19.7 Å². The second kappa shape index (κ2) is 8.88. The zero-order chi connectivity index (χ0) is 21.1. The number of hydrogen-bond acceptors (Lipinski definition) is 7. The summed E-state index contributed by atoms with van der Waals surface area (Å²) < 4.78 is 8.62. The highest BCUT2D eigenvalue weighted by molar-refractivity contribution is 7.21. The number of hydrogen-bond donors (Lipinski definition) is 1. The Morgan fingerprint density at radius 3 is 2.93 bits per heavy atom. The van der Waals surface area contributed by atoms with E-state index in [1.165, 1.54) is 22.3 Å². The van der Waals surface area contributed by atoms with Gasteiger partial charge in [0.1, 0.15) is 12.4 Å². The van der Waals surface area contributed by atoms with Crippen molar-refractivity contribution in [2.45, 2.75) is 39.0 Å². The molecule has 1 N–H and O–H groups in total. The molecule has 4 rings (SSSR count). The standard InChI is InChI=1S/C20H24N6O3S/c1-13(2)22-20(28)19-18(14-5-3-4-6-16(14)30-19)15-11-25(9-10-29-15)17(27)7-8-26-12-21-23-24-26/h3-6,12-13,15H,7-11H2,1-2H3,(H,22,28)/t15-/m1/s1. The molecule has 1 aliphatic rings. The fraction of sp³-hybridized carbons (Fsp3) is 0.450. The molecule has 3 heterocycles. The Morgan fingerprint density at radius 2 is 2.17 bits per heavy atom. The lowest BCUT2D eigenvalue weighted by Crippen LogP contribution is -2.43. The van der Waals surface area contributed by atoms with E-state index in [9.17, 15) is 9.59 Å². The van der Waals surface area contributed by atoms with Gasteiger partial charge in [0, 0.05) is 29.3 Å². The molecule has 0 radical (unpaired) electrons. The molecule has 0 spiro atoms. The predicted octanol–water partition coefficient (Wildman–Crippen LogP) is 2.02. The summed E-state index contributed by atoms with van der Waals surface area (Å²) in [5, 5.41) is 15.0. The highest BCUT2D eigenvalue weighted by Crippen LogP contribution is 2.38. The van der Waals surface area contributed by atoms with Gasteiger partial charge in [-0.25, -0.2) is 4.68 Å². The third-order valence-corrected chi connectivity index (χ3v) is 6.13. The number of thiophene rings is 1. The fourth-order valence-corrected chi connectivity index (χ4v) is 4.74. The maximum absolute atomic E-state index is 12.9. The van der Waals surface area contributed by atoms with Crippen molar-refractivity contribution in [3.63, 3.8) is 0 Å². The van der Waals surface area contributed by atoms with Gasteiger partial charge >= 0.3 is 0 Å². The zero-order valence-electron chi connectivity index (χ0n) is 16.9. The molecule has 0 unspecified atom stereocenters. The number of ether oxygens (including phenoxy) is 1. The molecule has 30 heavy (non-hydrogen) atoms. The third-order valence-electron chi connectivity index (χ3n) is 4.95. The Morgan fingerprint density at radius 1 is 1.33 bits per heavy atom. The van der Waals surface area contributed by atoms with Crippen LogP contribution in [-0.4, -0.2) is 62.7 Å². The number of nitrogens with zero attached hydrogens (tertiary/aromatic N) is 5. The van der Waals surface area contributed by atoms with Gasteiger partial charge < -0.3 is 15.0 Å². The summed E-state index contributed by atoms with van der Waals surface area (Å²) in [5.41, 5.74) is 0.867. The number of morpholine rings is 1. The number of aryl methyl sites for hydroxylation is 1. The molecule has 1 aliphatic heterocycles. The van der Waals surface area contributed by atoms with E-state index >= 15 is 0 Å². The van der Waals surface area contributed by atoms with Crippen molar-refractivity contribution in [2.24, 2.45) is 0 Å². The van der Waals surface area contributed by atoms with E-state index < -0.39 is 0 Å². The molecule has 1 atom stereocenters. The molecule has 0 aliphatic carbocycles. The topological polar surface area (TPSA) is 102 Å². The Bertz CT molecular complexity index is 1030. The van der Waals surface area contributed by atoms with Gasteiger partial charge in [0.05, 0.1) is 24.6 Å². The van der Waals surface area contributed by atoms with Crippen molar-refractivity contribution in [3.05, 3.63) is 41.0 Å². The SMILES string of the molecule is CC(C)NC(=O)c1sc2ccccc2c1[C@H]1CN(C(=O)CCn2cnnn2)CCO1. The molecule has 158 valence electrons. The first kappa shape index (κ1) is 20.4. The first-order valence-corrected chi connectivity index (χ1v) is 10.8. The minimum absolute atomic E-state index is 0.0199. The van der Waals surface area contributed by atoms with E-state index in [4.69, 9.17) is 4.74 Å². The maximum atomic E-state index is 12.9. The van der Waals surface area contributed by atoms with Crippen LogP contribution in [0.3, 0.4) is 0 Å². The van der Waals surface area contributed by atoms with Gasteiger partial charge in [-0.15, -0.1) is 16.4 Å². The molecule has 2 aromatic heterocycles. The molecule has 1 aromatic carbocycles. The number of rotatable bonds is 6. The second-order valence-corrected chi connectivity index (χ2v) is 8.54. The molecule has 1 saturated heterocycles. The number of tetrazole rings is 1. The van der Waals surface area contributed by atoms with Gasteiger partial charge in [-0.2, -0.15) is 0 Å². The number of benzene rings is 1. The molecule has 0 bridgehead atoms. The van der Waals surface area contributed by atoms with Crippen LogP contribution in [0.2, 0.25) is 0 Å². The molecule has 3 aromatic rings. The van der Waals surface area contributed by atoms with Crippen LogP contribution in [0.4, 0.5) is 0 Å². The summed E-state index contributed by atoms with van der Waals surface area (Å²) in [6.07, 6.45) is 1.45.